The lowest BCUT2D eigenvalue weighted by Gasteiger charge is -2.03. The molecule has 0 saturated heterocycles. The van der Waals surface area contributed by atoms with Gasteiger partial charge in [-0.05, 0) is 6.07 Å². The van der Waals surface area contributed by atoms with Crippen molar-refractivity contribution in [3.63, 3.8) is 0 Å². The summed E-state index contributed by atoms with van der Waals surface area (Å²) in [6.45, 7) is 0. The third kappa shape index (κ3) is 2.11. The highest BCUT2D eigenvalue weighted by Crippen LogP contribution is 2.31. The van der Waals surface area contributed by atoms with E-state index in [0.29, 0.717) is 0 Å². The lowest BCUT2D eigenvalue weighted by molar-refractivity contribution is -0.383. The highest BCUT2D eigenvalue weighted by atomic mass is 35.5. The monoisotopic (exact) mass is 216 g/mol. The first-order chi connectivity index (χ1) is 6.52. The Hall–Kier alpha value is -1.82. The van der Waals surface area contributed by atoms with Crippen molar-refractivity contribution >= 4 is 29.1 Å². The number of halogens is 1. The van der Waals surface area contributed by atoms with Crippen LogP contribution in [0.1, 0.15) is 0 Å². The summed E-state index contributed by atoms with van der Waals surface area (Å²) in [5.41, 5.74) is -0.591. The number of hydrogen-bond acceptors (Lipinski definition) is 3. The van der Waals surface area contributed by atoms with Crippen LogP contribution in [0.15, 0.2) is 18.2 Å². The average molecular weight is 217 g/mol. The molecule has 2 N–H and O–H groups in total. The topological polar surface area (TPSA) is 92.5 Å². The molecule has 1 amide bonds. The zero-order chi connectivity index (χ0) is 10.7. The number of rotatable bonds is 2. The number of nitrogens with one attached hydrogen (secondary N) is 1. The van der Waals surface area contributed by atoms with Gasteiger partial charge in [0.1, 0.15) is 5.69 Å². The van der Waals surface area contributed by atoms with E-state index in [4.69, 9.17) is 16.7 Å². The molecule has 1 rings (SSSR count). The predicted molar refractivity (Wildman–Crippen MR) is 49.8 cm³/mol. The molecule has 0 heterocycles. The van der Waals surface area contributed by atoms with Gasteiger partial charge in [-0.25, -0.2) is 4.79 Å². The van der Waals surface area contributed by atoms with Crippen molar-refractivity contribution in [2.24, 2.45) is 0 Å². The maximum absolute atomic E-state index is 10.5. The Morgan fingerprint density at radius 1 is 1.57 bits per heavy atom. The van der Waals surface area contributed by atoms with Crippen molar-refractivity contribution in [2.75, 3.05) is 5.32 Å². The molecule has 74 valence electrons. The minimum Gasteiger partial charge on any atom is -0.465 e. The number of benzene rings is 1. The molecule has 0 atom stereocenters. The van der Waals surface area contributed by atoms with Gasteiger partial charge >= 0.3 is 6.09 Å². The van der Waals surface area contributed by atoms with E-state index in [1.807, 2.05) is 5.32 Å². The molecule has 0 bridgehead atoms. The predicted octanol–water partition coefficient (Wildman–Crippen LogP) is 2.34. The Kier molecular flexibility index (Phi) is 2.88. The second kappa shape index (κ2) is 3.93. The van der Waals surface area contributed by atoms with E-state index in [-0.39, 0.29) is 16.4 Å². The number of nitro groups is 1. The van der Waals surface area contributed by atoms with Crippen LogP contribution < -0.4 is 5.32 Å². The second-order valence-electron chi connectivity index (χ2n) is 2.32. The Bertz CT molecular complexity index is 393. The molecule has 1 aromatic rings. The van der Waals surface area contributed by atoms with Gasteiger partial charge in [-0.15, -0.1) is 0 Å². The Labute approximate surface area is 83.3 Å². The maximum atomic E-state index is 10.5. The van der Waals surface area contributed by atoms with E-state index < -0.39 is 11.0 Å². The van der Waals surface area contributed by atoms with Gasteiger partial charge in [0.05, 0.1) is 9.95 Å². The van der Waals surface area contributed by atoms with Gasteiger partial charge in [-0.1, -0.05) is 17.7 Å². The van der Waals surface area contributed by atoms with Crippen LogP contribution in [0.25, 0.3) is 0 Å². The largest absolute Gasteiger partial charge is 0.465 e. The number of carbonyl (C=O) groups is 1. The zero-order valence-corrected chi connectivity index (χ0v) is 7.49. The number of carboxylic acid groups (broad SMARTS) is 1. The fourth-order valence-corrected chi connectivity index (χ4v) is 1.11. The van der Waals surface area contributed by atoms with Crippen molar-refractivity contribution in [1.82, 2.24) is 0 Å². The van der Waals surface area contributed by atoms with Crippen molar-refractivity contribution in [3.8, 4) is 0 Å². The maximum Gasteiger partial charge on any atom is 0.409 e. The summed E-state index contributed by atoms with van der Waals surface area (Å²) in [6.07, 6.45) is -1.40. The van der Waals surface area contributed by atoms with Crippen LogP contribution in [0, 0.1) is 10.1 Å². The summed E-state index contributed by atoms with van der Waals surface area (Å²) in [5, 5.41) is 20.7. The molecule has 0 radical (unpaired) electrons. The van der Waals surface area contributed by atoms with Gasteiger partial charge in [0, 0.05) is 6.07 Å². The number of nitro benzene ring substituents is 1. The first-order valence-electron chi connectivity index (χ1n) is 3.45. The van der Waals surface area contributed by atoms with Crippen molar-refractivity contribution in [2.45, 2.75) is 0 Å². The molecule has 0 aliphatic carbocycles. The number of amides is 1. The highest BCUT2D eigenvalue weighted by Gasteiger charge is 2.17. The third-order valence-corrected chi connectivity index (χ3v) is 1.74. The standard InChI is InChI=1S/C7H5ClN2O4/c8-4-2-1-3-5(10(13)14)6(4)9-7(11)12/h1-3,9H,(H,11,12). The molecule has 0 fully saturated rings. The quantitative estimate of drug-likeness (QED) is 0.586. The molecule has 0 aromatic heterocycles. The lowest BCUT2D eigenvalue weighted by Crippen LogP contribution is -2.09. The summed E-state index contributed by atoms with van der Waals surface area (Å²) in [6, 6.07) is 3.89. The highest BCUT2D eigenvalue weighted by molar-refractivity contribution is 6.34. The summed E-state index contributed by atoms with van der Waals surface area (Å²) >= 11 is 5.59. The van der Waals surface area contributed by atoms with E-state index in [9.17, 15) is 14.9 Å². The summed E-state index contributed by atoms with van der Waals surface area (Å²) in [5.74, 6) is 0. The Morgan fingerprint density at radius 2 is 2.21 bits per heavy atom. The molecular weight excluding hydrogens is 212 g/mol. The minimum atomic E-state index is -1.40. The van der Waals surface area contributed by atoms with Crippen LogP contribution in [0.4, 0.5) is 16.2 Å². The van der Waals surface area contributed by atoms with E-state index in [2.05, 4.69) is 0 Å². The fraction of sp³-hybridized carbons (Fsp3) is 0. The van der Waals surface area contributed by atoms with Gasteiger partial charge in [0.15, 0.2) is 0 Å². The first kappa shape index (κ1) is 10.3. The Morgan fingerprint density at radius 3 is 2.71 bits per heavy atom. The van der Waals surface area contributed by atoms with Gasteiger partial charge in [0.25, 0.3) is 5.69 Å². The molecule has 0 aliphatic heterocycles. The number of nitrogens with zero attached hydrogens (tertiary/aromatic N) is 1. The molecule has 6 nitrogen and oxygen atoms in total. The molecule has 14 heavy (non-hydrogen) atoms. The van der Waals surface area contributed by atoms with Crippen LogP contribution in [-0.2, 0) is 0 Å². The van der Waals surface area contributed by atoms with E-state index >= 15 is 0 Å². The minimum absolute atomic E-state index is 0.0124. The molecule has 0 unspecified atom stereocenters. The third-order valence-electron chi connectivity index (χ3n) is 1.42. The van der Waals surface area contributed by atoms with Crippen LogP contribution in [0.3, 0.4) is 0 Å². The zero-order valence-electron chi connectivity index (χ0n) is 6.73. The molecule has 0 saturated carbocycles. The van der Waals surface area contributed by atoms with Crippen LogP contribution in [0.2, 0.25) is 5.02 Å². The normalized spacial score (nSPS) is 9.50. The lowest BCUT2D eigenvalue weighted by atomic mass is 10.2. The van der Waals surface area contributed by atoms with Crippen molar-refractivity contribution in [1.29, 1.82) is 0 Å². The molecular formula is C7H5ClN2O4. The van der Waals surface area contributed by atoms with Gasteiger partial charge in [0.2, 0.25) is 0 Å². The van der Waals surface area contributed by atoms with E-state index in [1.54, 1.807) is 0 Å². The fourth-order valence-electron chi connectivity index (χ4n) is 0.896. The van der Waals surface area contributed by atoms with E-state index in [0.717, 1.165) is 6.07 Å². The molecule has 0 spiro atoms. The molecule has 0 aliphatic rings. The van der Waals surface area contributed by atoms with Gasteiger partial charge in [-0.2, -0.15) is 0 Å². The average Bonchev–Trinajstić information content (AvgIpc) is 2.07. The van der Waals surface area contributed by atoms with Crippen molar-refractivity contribution in [3.05, 3.63) is 33.3 Å². The molecule has 1 aromatic carbocycles. The van der Waals surface area contributed by atoms with Gasteiger partial charge in [-0.3, -0.25) is 15.4 Å². The summed E-state index contributed by atoms with van der Waals surface area (Å²) in [7, 11) is 0. The van der Waals surface area contributed by atoms with E-state index in [1.165, 1.54) is 12.1 Å². The number of anilines is 1. The van der Waals surface area contributed by atoms with Crippen LogP contribution in [-0.4, -0.2) is 16.1 Å². The summed E-state index contributed by atoms with van der Waals surface area (Å²) < 4.78 is 0. The SMILES string of the molecule is O=C(O)Nc1c(Cl)cccc1[N+](=O)[O-]. The second-order valence-corrected chi connectivity index (χ2v) is 2.73. The summed E-state index contributed by atoms with van der Waals surface area (Å²) in [4.78, 5) is 20.1. The Balaban J connectivity index is 3.22. The van der Waals surface area contributed by atoms with Crippen molar-refractivity contribution < 1.29 is 14.8 Å². The first-order valence-corrected chi connectivity index (χ1v) is 3.83. The van der Waals surface area contributed by atoms with Crippen LogP contribution >= 0.6 is 11.6 Å². The van der Waals surface area contributed by atoms with Gasteiger partial charge < -0.3 is 5.11 Å². The number of hydrogen-bond donors (Lipinski definition) is 2. The number of para-hydroxylation sites is 1. The van der Waals surface area contributed by atoms with Crippen LogP contribution in [0.5, 0.6) is 0 Å². The smallest absolute Gasteiger partial charge is 0.409 e. The molecule has 7 heteroatoms.